The van der Waals surface area contributed by atoms with Gasteiger partial charge in [-0.3, -0.25) is 9.59 Å². The minimum absolute atomic E-state index is 0.0423. The molecule has 5 nitrogen and oxygen atoms in total. The van der Waals surface area contributed by atoms with Crippen LogP contribution in [0, 0.1) is 5.82 Å². The van der Waals surface area contributed by atoms with E-state index in [4.69, 9.17) is 0 Å². The van der Waals surface area contributed by atoms with Gasteiger partial charge in [0.2, 0.25) is 0 Å². The predicted molar refractivity (Wildman–Crippen MR) is 75.8 cm³/mol. The molecule has 20 heavy (non-hydrogen) atoms. The van der Waals surface area contributed by atoms with E-state index < -0.39 is 17.6 Å². The first-order chi connectivity index (χ1) is 9.54. The molecule has 0 heterocycles. The number of hydrogen-bond acceptors (Lipinski definition) is 3. The van der Waals surface area contributed by atoms with Crippen LogP contribution >= 0.6 is 0 Å². The second kappa shape index (κ2) is 8.04. The second-order valence-electron chi connectivity index (χ2n) is 4.33. The van der Waals surface area contributed by atoms with Crippen molar-refractivity contribution in [1.29, 1.82) is 0 Å². The molecular weight excluding hydrogens is 261 g/mol. The Kier molecular flexibility index (Phi) is 6.36. The summed E-state index contributed by atoms with van der Waals surface area (Å²) in [7, 11) is 0. The molecule has 1 aromatic carbocycles. The largest absolute Gasteiger partial charge is 0.329 e. The first-order valence-corrected chi connectivity index (χ1v) is 6.43. The highest BCUT2D eigenvalue weighted by atomic mass is 19.1. The third-order valence-electron chi connectivity index (χ3n) is 2.57. The number of amides is 2. The summed E-state index contributed by atoms with van der Waals surface area (Å²) in [6.45, 7) is 3.82. The van der Waals surface area contributed by atoms with E-state index in [9.17, 15) is 14.0 Å². The van der Waals surface area contributed by atoms with Gasteiger partial charge in [0, 0.05) is 5.71 Å². The Bertz CT molecular complexity index is 515. The summed E-state index contributed by atoms with van der Waals surface area (Å²) in [5, 5.41) is 5.99. The highest BCUT2D eigenvalue weighted by Gasteiger charge is 2.14. The normalized spacial score (nSPS) is 11.1. The Morgan fingerprint density at radius 1 is 1.25 bits per heavy atom. The summed E-state index contributed by atoms with van der Waals surface area (Å²) in [5.74, 6) is -2.48. The number of rotatable bonds is 5. The van der Waals surface area contributed by atoms with Crippen molar-refractivity contribution in [2.45, 2.75) is 33.1 Å². The lowest BCUT2D eigenvalue weighted by Crippen LogP contribution is -2.33. The van der Waals surface area contributed by atoms with Gasteiger partial charge in [0.1, 0.15) is 5.82 Å². The summed E-state index contributed by atoms with van der Waals surface area (Å²) in [6.07, 6.45) is 2.74. The van der Waals surface area contributed by atoms with E-state index >= 15 is 0 Å². The summed E-state index contributed by atoms with van der Waals surface area (Å²) >= 11 is 0. The molecule has 1 rings (SSSR count). The monoisotopic (exact) mass is 279 g/mol. The number of unbranched alkanes of at least 4 members (excludes halogenated alkanes) is 1. The molecule has 0 saturated carbocycles. The molecule has 0 radical (unpaired) electrons. The van der Waals surface area contributed by atoms with Crippen LogP contribution in [-0.2, 0) is 9.59 Å². The topological polar surface area (TPSA) is 70.6 Å². The third-order valence-corrected chi connectivity index (χ3v) is 2.57. The maximum atomic E-state index is 13.3. The molecule has 0 fully saturated rings. The lowest BCUT2D eigenvalue weighted by Gasteiger charge is -2.05. The van der Waals surface area contributed by atoms with E-state index in [-0.39, 0.29) is 5.69 Å². The highest BCUT2D eigenvalue weighted by molar-refractivity contribution is 6.39. The summed E-state index contributed by atoms with van der Waals surface area (Å²) < 4.78 is 13.3. The standard InChI is InChI=1S/C14H18FN3O2/c1-3-4-7-10(2)17-18-14(20)13(19)16-12-9-6-5-8-11(12)15/h5-6,8-9H,3-4,7H2,1-2H3,(H,16,19)(H,18,20)/b17-10-. The van der Waals surface area contributed by atoms with E-state index in [0.717, 1.165) is 25.0 Å². The average Bonchev–Trinajstić information content (AvgIpc) is 2.44. The van der Waals surface area contributed by atoms with Crippen molar-refractivity contribution >= 4 is 23.2 Å². The molecule has 2 N–H and O–H groups in total. The first kappa shape index (κ1) is 15.8. The SMILES string of the molecule is CCCC/C(C)=N\NC(=O)C(=O)Nc1ccccc1F. The Labute approximate surface area is 117 Å². The fourth-order valence-corrected chi connectivity index (χ4v) is 1.43. The zero-order valence-electron chi connectivity index (χ0n) is 11.6. The molecule has 0 atom stereocenters. The van der Waals surface area contributed by atoms with Crippen LogP contribution < -0.4 is 10.7 Å². The van der Waals surface area contributed by atoms with Crippen LogP contribution in [0.2, 0.25) is 0 Å². The minimum atomic E-state index is -0.956. The van der Waals surface area contributed by atoms with E-state index in [1.165, 1.54) is 18.2 Å². The van der Waals surface area contributed by atoms with Gasteiger partial charge < -0.3 is 5.32 Å². The highest BCUT2D eigenvalue weighted by Crippen LogP contribution is 2.11. The van der Waals surface area contributed by atoms with Gasteiger partial charge in [-0.2, -0.15) is 5.10 Å². The number of halogens is 1. The summed E-state index contributed by atoms with van der Waals surface area (Å²) in [6, 6.07) is 5.62. The van der Waals surface area contributed by atoms with Crippen molar-refractivity contribution in [3.63, 3.8) is 0 Å². The lowest BCUT2D eigenvalue weighted by atomic mass is 10.2. The number of benzene rings is 1. The van der Waals surface area contributed by atoms with Gasteiger partial charge in [-0.25, -0.2) is 9.82 Å². The Morgan fingerprint density at radius 3 is 2.60 bits per heavy atom. The fraction of sp³-hybridized carbons (Fsp3) is 0.357. The molecule has 0 aliphatic carbocycles. The van der Waals surface area contributed by atoms with Crippen LogP contribution in [0.15, 0.2) is 29.4 Å². The van der Waals surface area contributed by atoms with E-state index in [2.05, 4.69) is 15.8 Å². The van der Waals surface area contributed by atoms with E-state index in [0.29, 0.717) is 0 Å². The van der Waals surface area contributed by atoms with Crippen LogP contribution in [0.3, 0.4) is 0 Å². The molecule has 0 bridgehead atoms. The zero-order valence-corrected chi connectivity index (χ0v) is 11.6. The number of carbonyl (C=O) groups excluding carboxylic acids is 2. The summed E-state index contributed by atoms with van der Waals surface area (Å²) in [5.41, 5.74) is 2.84. The van der Waals surface area contributed by atoms with Crippen molar-refractivity contribution in [1.82, 2.24) is 5.43 Å². The third kappa shape index (κ3) is 5.17. The Hall–Kier alpha value is -2.24. The number of para-hydroxylation sites is 1. The Balaban J connectivity index is 2.52. The molecule has 0 unspecified atom stereocenters. The number of hydrogen-bond donors (Lipinski definition) is 2. The molecule has 6 heteroatoms. The van der Waals surface area contributed by atoms with Crippen LogP contribution in [0.5, 0.6) is 0 Å². The van der Waals surface area contributed by atoms with Gasteiger partial charge in [0.05, 0.1) is 5.69 Å². The molecular formula is C14H18FN3O2. The Morgan fingerprint density at radius 2 is 1.95 bits per heavy atom. The molecule has 0 saturated heterocycles. The van der Waals surface area contributed by atoms with Gasteiger partial charge in [-0.05, 0) is 31.9 Å². The molecule has 0 aliphatic rings. The number of carbonyl (C=O) groups is 2. The molecule has 2 amide bonds. The van der Waals surface area contributed by atoms with E-state index in [1.807, 2.05) is 6.92 Å². The smallest absolute Gasteiger partial charge is 0.315 e. The van der Waals surface area contributed by atoms with Crippen LogP contribution in [-0.4, -0.2) is 17.5 Å². The first-order valence-electron chi connectivity index (χ1n) is 6.43. The van der Waals surface area contributed by atoms with Gasteiger partial charge in [0.15, 0.2) is 0 Å². The summed E-state index contributed by atoms with van der Waals surface area (Å²) in [4.78, 5) is 23.0. The van der Waals surface area contributed by atoms with Gasteiger partial charge in [-0.1, -0.05) is 25.5 Å². The average molecular weight is 279 g/mol. The van der Waals surface area contributed by atoms with Crippen molar-refractivity contribution in [2.75, 3.05) is 5.32 Å². The fourth-order valence-electron chi connectivity index (χ4n) is 1.43. The lowest BCUT2D eigenvalue weighted by molar-refractivity contribution is -0.136. The zero-order chi connectivity index (χ0) is 15.0. The van der Waals surface area contributed by atoms with Gasteiger partial charge in [-0.15, -0.1) is 0 Å². The van der Waals surface area contributed by atoms with Crippen molar-refractivity contribution in [2.24, 2.45) is 5.10 Å². The molecule has 0 aromatic heterocycles. The van der Waals surface area contributed by atoms with Crippen LogP contribution in [0.25, 0.3) is 0 Å². The van der Waals surface area contributed by atoms with Crippen molar-refractivity contribution in [3.05, 3.63) is 30.1 Å². The quantitative estimate of drug-likeness (QED) is 0.494. The number of nitrogens with zero attached hydrogens (tertiary/aromatic N) is 1. The van der Waals surface area contributed by atoms with Crippen LogP contribution in [0.1, 0.15) is 33.1 Å². The van der Waals surface area contributed by atoms with Crippen LogP contribution in [0.4, 0.5) is 10.1 Å². The number of anilines is 1. The van der Waals surface area contributed by atoms with Crippen molar-refractivity contribution < 1.29 is 14.0 Å². The molecule has 0 spiro atoms. The number of hydrazone groups is 1. The molecule has 1 aromatic rings. The van der Waals surface area contributed by atoms with Crippen molar-refractivity contribution in [3.8, 4) is 0 Å². The van der Waals surface area contributed by atoms with Gasteiger partial charge >= 0.3 is 11.8 Å². The molecule has 0 aliphatic heterocycles. The second-order valence-corrected chi connectivity index (χ2v) is 4.33. The van der Waals surface area contributed by atoms with Gasteiger partial charge in [0.25, 0.3) is 0 Å². The maximum absolute atomic E-state index is 13.3. The number of nitrogens with one attached hydrogen (secondary N) is 2. The molecule has 108 valence electrons. The maximum Gasteiger partial charge on any atom is 0.329 e. The van der Waals surface area contributed by atoms with E-state index in [1.54, 1.807) is 13.0 Å². The predicted octanol–water partition coefficient (Wildman–Crippen LogP) is 2.45. The minimum Gasteiger partial charge on any atom is -0.315 e.